The van der Waals surface area contributed by atoms with E-state index in [4.69, 9.17) is 4.42 Å². The maximum Gasteiger partial charge on any atom is 0.134 e. The molecule has 1 atom stereocenters. The molecule has 0 saturated heterocycles. The van der Waals surface area contributed by atoms with Crippen molar-refractivity contribution in [3.05, 3.63) is 46.6 Å². The molecule has 3 heteroatoms. The SMILES string of the molecule is CC(O)c1ccc(-c2ccc(Br)cc2)o1. The van der Waals surface area contributed by atoms with Gasteiger partial charge in [0.2, 0.25) is 0 Å². The van der Waals surface area contributed by atoms with Gasteiger partial charge < -0.3 is 9.52 Å². The normalized spacial score (nSPS) is 12.7. The van der Waals surface area contributed by atoms with Crippen LogP contribution < -0.4 is 0 Å². The predicted molar refractivity (Wildman–Crippen MR) is 62.5 cm³/mol. The average Bonchev–Trinajstić information content (AvgIpc) is 2.68. The number of halogens is 1. The second-order valence-corrected chi connectivity index (χ2v) is 4.30. The van der Waals surface area contributed by atoms with Crippen molar-refractivity contribution in [1.29, 1.82) is 0 Å². The van der Waals surface area contributed by atoms with Gasteiger partial charge in [0, 0.05) is 10.0 Å². The Labute approximate surface area is 96.7 Å². The van der Waals surface area contributed by atoms with Crippen LogP contribution in [0, 0.1) is 0 Å². The van der Waals surface area contributed by atoms with E-state index in [1.165, 1.54) is 0 Å². The minimum absolute atomic E-state index is 0.561. The molecule has 0 saturated carbocycles. The van der Waals surface area contributed by atoms with Crippen molar-refractivity contribution in [1.82, 2.24) is 0 Å². The van der Waals surface area contributed by atoms with Crippen LogP contribution in [0.5, 0.6) is 0 Å². The summed E-state index contributed by atoms with van der Waals surface area (Å²) in [7, 11) is 0. The summed E-state index contributed by atoms with van der Waals surface area (Å²) in [5, 5.41) is 9.33. The molecule has 2 rings (SSSR count). The molecule has 1 unspecified atom stereocenters. The van der Waals surface area contributed by atoms with E-state index in [1.807, 2.05) is 30.3 Å². The zero-order chi connectivity index (χ0) is 10.8. The average molecular weight is 267 g/mol. The van der Waals surface area contributed by atoms with Gasteiger partial charge in [0.15, 0.2) is 0 Å². The highest BCUT2D eigenvalue weighted by Gasteiger charge is 2.08. The van der Waals surface area contributed by atoms with E-state index in [-0.39, 0.29) is 0 Å². The first-order valence-electron chi connectivity index (χ1n) is 4.70. The van der Waals surface area contributed by atoms with Gasteiger partial charge in [-0.3, -0.25) is 0 Å². The summed E-state index contributed by atoms with van der Waals surface area (Å²) >= 11 is 3.38. The van der Waals surface area contributed by atoms with Gasteiger partial charge in [-0.25, -0.2) is 0 Å². The van der Waals surface area contributed by atoms with E-state index in [1.54, 1.807) is 13.0 Å². The highest BCUT2D eigenvalue weighted by atomic mass is 79.9. The topological polar surface area (TPSA) is 33.4 Å². The molecule has 0 aliphatic rings. The van der Waals surface area contributed by atoms with Crippen molar-refractivity contribution in [2.45, 2.75) is 13.0 Å². The second kappa shape index (κ2) is 4.21. The van der Waals surface area contributed by atoms with Crippen LogP contribution in [0.15, 0.2) is 45.3 Å². The molecule has 78 valence electrons. The molecule has 0 aliphatic carbocycles. The summed E-state index contributed by atoms with van der Waals surface area (Å²) in [5.74, 6) is 1.37. The summed E-state index contributed by atoms with van der Waals surface area (Å²) in [6.07, 6.45) is -0.561. The fourth-order valence-corrected chi connectivity index (χ4v) is 1.61. The lowest BCUT2D eigenvalue weighted by molar-refractivity contribution is 0.170. The maximum absolute atomic E-state index is 9.33. The quantitative estimate of drug-likeness (QED) is 0.898. The smallest absolute Gasteiger partial charge is 0.134 e. The Morgan fingerprint density at radius 1 is 1.13 bits per heavy atom. The van der Waals surface area contributed by atoms with Gasteiger partial charge in [0.1, 0.15) is 17.6 Å². The molecule has 15 heavy (non-hydrogen) atoms. The van der Waals surface area contributed by atoms with Crippen molar-refractivity contribution >= 4 is 15.9 Å². The Morgan fingerprint density at radius 2 is 1.80 bits per heavy atom. The van der Waals surface area contributed by atoms with E-state index in [9.17, 15) is 5.11 Å². The second-order valence-electron chi connectivity index (χ2n) is 3.38. The minimum atomic E-state index is -0.561. The molecular formula is C12H11BrO2. The first-order valence-corrected chi connectivity index (χ1v) is 5.50. The van der Waals surface area contributed by atoms with Crippen LogP contribution >= 0.6 is 15.9 Å². The Kier molecular flexibility index (Phi) is 2.93. The molecule has 0 spiro atoms. The standard InChI is InChI=1S/C12H11BrO2/c1-8(14)11-6-7-12(15-11)9-2-4-10(13)5-3-9/h2-8,14H,1H3. The van der Waals surface area contributed by atoms with Crippen LogP contribution in [0.3, 0.4) is 0 Å². The number of rotatable bonds is 2. The third kappa shape index (κ3) is 2.30. The molecule has 0 aliphatic heterocycles. The molecule has 0 amide bonds. The highest BCUT2D eigenvalue weighted by Crippen LogP contribution is 2.26. The van der Waals surface area contributed by atoms with E-state index < -0.39 is 6.10 Å². The summed E-state index contributed by atoms with van der Waals surface area (Å²) in [4.78, 5) is 0. The van der Waals surface area contributed by atoms with Crippen molar-refractivity contribution in [3.8, 4) is 11.3 Å². The van der Waals surface area contributed by atoms with E-state index in [0.29, 0.717) is 5.76 Å². The zero-order valence-electron chi connectivity index (χ0n) is 8.27. The first kappa shape index (κ1) is 10.5. The van der Waals surface area contributed by atoms with Crippen molar-refractivity contribution in [2.24, 2.45) is 0 Å². The fourth-order valence-electron chi connectivity index (χ4n) is 1.35. The molecule has 1 N–H and O–H groups in total. The summed E-state index contributed by atoms with van der Waals surface area (Å²) in [6.45, 7) is 1.68. The summed E-state index contributed by atoms with van der Waals surface area (Å²) < 4.78 is 6.54. The maximum atomic E-state index is 9.33. The lowest BCUT2D eigenvalue weighted by atomic mass is 10.2. The third-order valence-electron chi connectivity index (χ3n) is 2.17. The number of hydrogen-bond acceptors (Lipinski definition) is 2. The largest absolute Gasteiger partial charge is 0.458 e. The first-order chi connectivity index (χ1) is 7.16. The van der Waals surface area contributed by atoms with Gasteiger partial charge in [0.25, 0.3) is 0 Å². The van der Waals surface area contributed by atoms with E-state index >= 15 is 0 Å². The third-order valence-corrected chi connectivity index (χ3v) is 2.70. The van der Waals surface area contributed by atoms with Crippen LogP contribution in [0.4, 0.5) is 0 Å². The summed E-state index contributed by atoms with van der Waals surface area (Å²) in [6, 6.07) is 11.5. The molecular weight excluding hydrogens is 256 g/mol. The Balaban J connectivity index is 2.33. The molecule has 0 fully saturated rings. The van der Waals surface area contributed by atoms with Crippen molar-refractivity contribution < 1.29 is 9.52 Å². The van der Waals surface area contributed by atoms with Gasteiger partial charge in [-0.05, 0) is 31.2 Å². The van der Waals surface area contributed by atoms with Crippen LogP contribution in [0.25, 0.3) is 11.3 Å². The molecule has 1 aromatic heterocycles. The van der Waals surface area contributed by atoms with Gasteiger partial charge in [-0.2, -0.15) is 0 Å². The number of furan rings is 1. The highest BCUT2D eigenvalue weighted by molar-refractivity contribution is 9.10. The number of hydrogen-bond donors (Lipinski definition) is 1. The monoisotopic (exact) mass is 266 g/mol. The lowest BCUT2D eigenvalue weighted by Gasteiger charge is -1.99. The molecule has 0 bridgehead atoms. The molecule has 2 aromatic rings. The summed E-state index contributed by atoms with van der Waals surface area (Å²) in [5.41, 5.74) is 1.00. The lowest BCUT2D eigenvalue weighted by Crippen LogP contribution is -1.85. The van der Waals surface area contributed by atoms with Gasteiger partial charge in [-0.1, -0.05) is 28.1 Å². The van der Waals surface area contributed by atoms with Gasteiger partial charge >= 0.3 is 0 Å². The fraction of sp³-hybridized carbons (Fsp3) is 0.167. The number of aliphatic hydroxyl groups is 1. The Hall–Kier alpha value is -1.06. The van der Waals surface area contributed by atoms with Gasteiger partial charge in [0.05, 0.1) is 0 Å². The predicted octanol–water partition coefficient (Wildman–Crippen LogP) is 3.76. The molecule has 1 aromatic carbocycles. The van der Waals surface area contributed by atoms with Crippen LogP contribution in [0.1, 0.15) is 18.8 Å². The van der Waals surface area contributed by atoms with Crippen LogP contribution in [-0.2, 0) is 0 Å². The van der Waals surface area contributed by atoms with E-state index in [2.05, 4.69) is 15.9 Å². The number of aliphatic hydroxyl groups excluding tert-OH is 1. The molecule has 0 radical (unpaired) electrons. The Bertz CT molecular complexity index is 443. The van der Waals surface area contributed by atoms with Crippen LogP contribution in [-0.4, -0.2) is 5.11 Å². The zero-order valence-corrected chi connectivity index (χ0v) is 9.86. The minimum Gasteiger partial charge on any atom is -0.458 e. The number of benzene rings is 1. The van der Waals surface area contributed by atoms with E-state index in [0.717, 1.165) is 15.8 Å². The van der Waals surface area contributed by atoms with Gasteiger partial charge in [-0.15, -0.1) is 0 Å². The van der Waals surface area contributed by atoms with Crippen molar-refractivity contribution in [3.63, 3.8) is 0 Å². The molecule has 1 heterocycles. The molecule has 2 nitrogen and oxygen atoms in total. The van der Waals surface area contributed by atoms with Crippen LogP contribution in [0.2, 0.25) is 0 Å². The van der Waals surface area contributed by atoms with Crippen molar-refractivity contribution in [2.75, 3.05) is 0 Å². The Morgan fingerprint density at radius 3 is 2.33 bits per heavy atom.